The van der Waals surface area contributed by atoms with Crippen molar-refractivity contribution in [2.24, 2.45) is 0 Å². The van der Waals surface area contributed by atoms with Crippen LogP contribution in [-0.4, -0.2) is 31.4 Å². The van der Waals surface area contributed by atoms with Crippen LogP contribution in [0, 0.1) is 0 Å². The van der Waals surface area contributed by atoms with Gasteiger partial charge in [-0.3, -0.25) is 9.59 Å². The monoisotopic (exact) mass is 245 g/mol. The molecule has 5 nitrogen and oxygen atoms in total. The topological polar surface area (TPSA) is 61.4 Å². The number of rotatable bonds is 1. The highest BCUT2D eigenvalue weighted by Gasteiger charge is 2.21. The molecule has 0 aliphatic carbocycles. The Bertz CT molecular complexity index is 513. The molecule has 2 aliphatic heterocycles. The van der Waals surface area contributed by atoms with Crippen molar-refractivity contribution in [3.8, 4) is 0 Å². The molecule has 0 bridgehead atoms. The third kappa shape index (κ3) is 1.97. The summed E-state index contributed by atoms with van der Waals surface area (Å²) in [5.74, 6) is 0.162. The molecule has 94 valence electrons. The first-order chi connectivity index (χ1) is 8.74. The van der Waals surface area contributed by atoms with Crippen LogP contribution in [0.5, 0.6) is 0 Å². The normalized spacial score (nSPS) is 19.4. The number of carbonyl (C=O) groups excluding carboxylic acids is 2. The number of benzene rings is 1. The predicted molar refractivity (Wildman–Crippen MR) is 68.6 cm³/mol. The fraction of sp³-hybridized carbons (Fsp3) is 0.385. The number of fused-ring (bicyclic) bond motifs is 1. The van der Waals surface area contributed by atoms with Crippen molar-refractivity contribution in [1.82, 2.24) is 5.32 Å². The first-order valence-electron chi connectivity index (χ1n) is 6.18. The Morgan fingerprint density at radius 2 is 2.06 bits per heavy atom. The second kappa shape index (κ2) is 4.42. The Morgan fingerprint density at radius 3 is 2.89 bits per heavy atom. The van der Waals surface area contributed by atoms with Crippen LogP contribution in [0.4, 0.5) is 11.4 Å². The van der Waals surface area contributed by atoms with E-state index in [9.17, 15) is 9.59 Å². The van der Waals surface area contributed by atoms with Gasteiger partial charge in [0.2, 0.25) is 11.8 Å². The molecule has 0 saturated carbocycles. The first-order valence-corrected chi connectivity index (χ1v) is 6.18. The van der Waals surface area contributed by atoms with E-state index in [4.69, 9.17) is 0 Å². The van der Waals surface area contributed by atoms with Crippen molar-refractivity contribution in [3.63, 3.8) is 0 Å². The van der Waals surface area contributed by atoms with Crippen LogP contribution >= 0.6 is 0 Å². The standard InChI is InChI=1S/C13H15N3O2/c17-12-4-1-9-7-10(2-3-11(9)15-12)16-6-5-14-8-13(16)18/h2-3,7,14H,1,4-6,8H2,(H,15,17). The van der Waals surface area contributed by atoms with Crippen molar-refractivity contribution in [2.45, 2.75) is 12.8 Å². The van der Waals surface area contributed by atoms with Crippen LogP contribution in [0.25, 0.3) is 0 Å². The molecule has 5 heteroatoms. The van der Waals surface area contributed by atoms with Crippen LogP contribution in [0.3, 0.4) is 0 Å². The molecule has 0 atom stereocenters. The molecule has 1 saturated heterocycles. The minimum Gasteiger partial charge on any atom is -0.326 e. The van der Waals surface area contributed by atoms with Gasteiger partial charge in [-0.05, 0) is 30.2 Å². The SMILES string of the molecule is O=C1CCc2cc(N3CCNCC3=O)ccc2N1. The summed E-state index contributed by atoms with van der Waals surface area (Å²) in [5, 5.41) is 5.90. The van der Waals surface area contributed by atoms with Gasteiger partial charge in [-0.25, -0.2) is 0 Å². The molecule has 0 aromatic heterocycles. The number of piperazine rings is 1. The van der Waals surface area contributed by atoms with E-state index in [1.165, 1.54) is 0 Å². The van der Waals surface area contributed by atoms with E-state index in [1.54, 1.807) is 4.90 Å². The summed E-state index contributed by atoms with van der Waals surface area (Å²) >= 11 is 0. The predicted octanol–water partition coefficient (Wildman–Crippen LogP) is 0.507. The molecular formula is C13H15N3O2. The minimum absolute atomic E-state index is 0.0634. The van der Waals surface area contributed by atoms with E-state index in [0.717, 1.165) is 29.9 Å². The van der Waals surface area contributed by atoms with E-state index in [-0.39, 0.29) is 11.8 Å². The highest BCUT2D eigenvalue weighted by Crippen LogP contribution is 2.27. The smallest absolute Gasteiger partial charge is 0.240 e. The van der Waals surface area contributed by atoms with Crippen molar-refractivity contribution >= 4 is 23.2 Å². The number of carbonyl (C=O) groups is 2. The number of hydrogen-bond donors (Lipinski definition) is 2. The minimum atomic E-state index is 0.0634. The first kappa shape index (κ1) is 11.2. The molecule has 18 heavy (non-hydrogen) atoms. The fourth-order valence-corrected chi connectivity index (χ4v) is 2.42. The van der Waals surface area contributed by atoms with Gasteiger partial charge in [0.15, 0.2) is 0 Å². The summed E-state index contributed by atoms with van der Waals surface area (Å²) in [5.41, 5.74) is 2.91. The number of aryl methyl sites for hydroxylation is 1. The summed E-state index contributed by atoms with van der Waals surface area (Å²) in [6.07, 6.45) is 1.27. The molecule has 2 heterocycles. The van der Waals surface area contributed by atoms with E-state index in [1.807, 2.05) is 18.2 Å². The molecule has 0 unspecified atom stereocenters. The van der Waals surface area contributed by atoms with Crippen molar-refractivity contribution in [3.05, 3.63) is 23.8 Å². The zero-order chi connectivity index (χ0) is 12.5. The Balaban J connectivity index is 1.90. The molecule has 0 spiro atoms. The summed E-state index contributed by atoms with van der Waals surface area (Å²) in [4.78, 5) is 24.9. The van der Waals surface area contributed by atoms with Crippen molar-refractivity contribution in [1.29, 1.82) is 0 Å². The van der Waals surface area contributed by atoms with Gasteiger partial charge in [-0.1, -0.05) is 0 Å². The third-order valence-corrected chi connectivity index (χ3v) is 3.39. The summed E-state index contributed by atoms with van der Waals surface area (Å²) < 4.78 is 0. The second-order valence-electron chi connectivity index (χ2n) is 4.61. The van der Waals surface area contributed by atoms with E-state index in [0.29, 0.717) is 19.5 Å². The van der Waals surface area contributed by atoms with Crippen LogP contribution < -0.4 is 15.5 Å². The lowest BCUT2D eigenvalue weighted by Gasteiger charge is -2.28. The number of anilines is 2. The zero-order valence-electron chi connectivity index (χ0n) is 10.0. The molecule has 3 rings (SSSR count). The quantitative estimate of drug-likeness (QED) is 0.757. The Labute approximate surface area is 105 Å². The van der Waals surface area contributed by atoms with E-state index in [2.05, 4.69) is 10.6 Å². The van der Waals surface area contributed by atoms with Gasteiger partial charge in [-0.2, -0.15) is 0 Å². The number of hydrogen-bond acceptors (Lipinski definition) is 3. The molecule has 2 aliphatic rings. The van der Waals surface area contributed by atoms with Gasteiger partial charge in [0.25, 0.3) is 0 Å². The van der Waals surface area contributed by atoms with Gasteiger partial charge in [0, 0.05) is 30.9 Å². The molecule has 0 radical (unpaired) electrons. The second-order valence-corrected chi connectivity index (χ2v) is 4.61. The summed E-state index contributed by atoms with van der Waals surface area (Å²) in [6.45, 7) is 1.91. The molecule has 1 aromatic carbocycles. The maximum absolute atomic E-state index is 11.8. The summed E-state index contributed by atoms with van der Waals surface area (Å²) in [6, 6.07) is 5.79. The number of nitrogens with one attached hydrogen (secondary N) is 2. The van der Waals surface area contributed by atoms with Gasteiger partial charge in [0.05, 0.1) is 6.54 Å². The molecule has 2 amide bonds. The molecule has 2 N–H and O–H groups in total. The molecule has 1 fully saturated rings. The van der Waals surface area contributed by atoms with Gasteiger partial charge in [-0.15, -0.1) is 0 Å². The average molecular weight is 245 g/mol. The van der Waals surface area contributed by atoms with Crippen molar-refractivity contribution < 1.29 is 9.59 Å². The Hall–Kier alpha value is -1.88. The molecular weight excluding hydrogens is 230 g/mol. The highest BCUT2D eigenvalue weighted by atomic mass is 16.2. The largest absolute Gasteiger partial charge is 0.326 e. The lowest BCUT2D eigenvalue weighted by Crippen LogP contribution is -2.48. The summed E-state index contributed by atoms with van der Waals surface area (Å²) in [7, 11) is 0. The zero-order valence-corrected chi connectivity index (χ0v) is 10.0. The van der Waals surface area contributed by atoms with Gasteiger partial charge in [0.1, 0.15) is 0 Å². The van der Waals surface area contributed by atoms with E-state index >= 15 is 0 Å². The van der Waals surface area contributed by atoms with Crippen LogP contribution in [-0.2, 0) is 16.0 Å². The van der Waals surface area contributed by atoms with Crippen LogP contribution in [0.1, 0.15) is 12.0 Å². The Kier molecular flexibility index (Phi) is 2.76. The number of amides is 2. The lowest BCUT2D eigenvalue weighted by atomic mass is 10.0. The van der Waals surface area contributed by atoms with E-state index < -0.39 is 0 Å². The molecule has 1 aromatic rings. The maximum atomic E-state index is 11.8. The van der Waals surface area contributed by atoms with Gasteiger partial charge >= 0.3 is 0 Å². The van der Waals surface area contributed by atoms with Crippen LogP contribution in [0.2, 0.25) is 0 Å². The Morgan fingerprint density at radius 1 is 1.17 bits per heavy atom. The highest BCUT2D eigenvalue weighted by molar-refractivity contribution is 5.97. The van der Waals surface area contributed by atoms with Crippen molar-refractivity contribution in [2.75, 3.05) is 29.9 Å². The maximum Gasteiger partial charge on any atom is 0.240 e. The van der Waals surface area contributed by atoms with Crippen LogP contribution in [0.15, 0.2) is 18.2 Å². The lowest BCUT2D eigenvalue weighted by molar-refractivity contribution is -0.118. The number of nitrogens with zero attached hydrogens (tertiary/aromatic N) is 1. The third-order valence-electron chi connectivity index (χ3n) is 3.39. The fourth-order valence-electron chi connectivity index (χ4n) is 2.42. The van der Waals surface area contributed by atoms with Gasteiger partial charge < -0.3 is 15.5 Å². The average Bonchev–Trinajstić information content (AvgIpc) is 2.39.